The van der Waals surface area contributed by atoms with Gasteiger partial charge in [0.1, 0.15) is 5.76 Å². The minimum Gasteiger partial charge on any atom is -0.458 e. The van der Waals surface area contributed by atoms with Gasteiger partial charge in [0.15, 0.2) is 5.58 Å². The van der Waals surface area contributed by atoms with Gasteiger partial charge in [0.25, 0.3) is 0 Å². The Balaban J connectivity index is 2.36. The molecule has 0 bridgehead atoms. The van der Waals surface area contributed by atoms with E-state index >= 15 is 0 Å². The molecule has 0 aliphatic heterocycles. The van der Waals surface area contributed by atoms with Crippen LogP contribution in [0.15, 0.2) is 28.7 Å². The topological polar surface area (TPSA) is 25.2 Å². The number of hydrogen-bond acceptors (Lipinski definition) is 2. The summed E-state index contributed by atoms with van der Waals surface area (Å²) in [6, 6.07) is 7.78. The van der Waals surface area contributed by atoms with E-state index < -0.39 is 0 Å². The molecule has 3 heteroatoms. The molecule has 0 saturated heterocycles. The van der Waals surface area contributed by atoms with Crippen molar-refractivity contribution in [3.05, 3.63) is 35.0 Å². The summed E-state index contributed by atoms with van der Waals surface area (Å²) >= 11 is 5.99. The van der Waals surface area contributed by atoms with Gasteiger partial charge in [-0.3, -0.25) is 0 Å². The summed E-state index contributed by atoms with van der Waals surface area (Å²) < 4.78 is 5.61. The molecule has 0 spiro atoms. The van der Waals surface area contributed by atoms with E-state index in [4.69, 9.17) is 16.0 Å². The fourth-order valence-corrected chi connectivity index (χ4v) is 1.64. The molecule has 0 radical (unpaired) electrons. The molecule has 0 atom stereocenters. The van der Waals surface area contributed by atoms with E-state index in [1.165, 1.54) is 0 Å². The molecule has 14 heavy (non-hydrogen) atoms. The molecule has 2 nitrogen and oxygen atoms in total. The summed E-state index contributed by atoms with van der Waals surface area (Å²) in [6.07, 6.45) is 0. The van der Waals surface area contributed by atoms with Gasteiger partial charge in [0.2, 0.25) is 0 Å². The Hall–Kier alpha value is -0.990. The number of benzene rings is 1. The van der Waals surface area contributed by atoms with E-state index in [1.54, 1.807) is 0 Å². The molecule has 0 aliphatic carbocycles. The van der Waals surface area contributed by atoms with Crippen LogP contribution in [-0.2, 0) is 6.54 Å². The Morgan fingerprint density at radius 3 is 3.00 bits per heavy atom. The highest BCUT2D eigenvalue weighted by molar-refractivity contribution is 6.34. The van der Waals surface area contributed by atoms with Crippen molar-refractivity contribution in [2.45, 2.75) is 13.5 Å². The Morgan fingerprint density at radius 1 is 1.43 bits per heavy atom. The average Bonchev–Trinajstić information content (AvgIpc) is 2.59. The summed E-state index contributed by atoms with van der Waals surface area (Å²) in [7, 11) is 0. The maximum atomic E-state index is 5.99. The number of para-hydroxylation sites is 1. The van der Waals surface area contributed by atoms with Crippen molar-refractivity contribution in [1.82, 2.24) is 5.32 Å². The van der Waals surface area contributed by atoms with Crippen LogP contribution in [0.1, 0.15) is 12.7 Å². The van der Waals surface area contributed by atoms with Crippen LogP contribution in [-0.4, -0.2) is 6.54 Å². The first kappa shape index (κ1) is 9.56. The third-order valence-electron chi connectivity index (χ3n) is 2.10. The van der Waals surface area contributed by atoms with Gasteiger partial charge in [-0.25, -0.2) is 0 Å². The second kappa shape index (κ2) is 4.03. The summed E-state index contributed by atoms with van der Waals surface area (Å²) in [5, 5.41) is 4.94. The summed E-state index contributed by atoms with van der Waals surface area (Å²) in [5.74, 6) is 0.926. The molecule has 1 heterocycles. The molecular weight excluding hydrogens is 198 g/mol. The third kappa shape index (κ3) is 1.76. The van der Waals surface area contributed by atoms with Gasteiger partial charge in [-0.1, -0.05) is 30.7 Å². The highest BCUT2D eigenvalue weighted by atomic mass is 35.5. The van der Waals surface area contributed by atoms with Crippen molar-refractivity contribution in [3.8, 4) is 0 Å². The molecule has 1 N–H and O–H groups in total. The maximum Gasteiger partial charge on any atom is 0.152 e. The van der Waals surface area contributed by atoms with E-state index in [1.807, 2.05) is 24.3 Å². The third-order valence-corrected chi connectivity index (χ3v) is 2.39. The Kier molecular flexibility index (Phi) is 2.75. The highest BCUT2D eigenvalue weighted by Crippen LogP contribution is 2.26. The molecule has 1 aromatic carbocycles. The van der Waals surface area contributed by atoms with Crippen LogP contribution in [0.5, 0.6) is 0 Å². The molecule has 0 amide bonds. The second-order valence-corrected chi connectivity index (χ2v) is 3.56. The second-order valence-electron chi connectivity index (χ2n) is 3.15. The van der Waals surface area contributed by atoms with Crippen LogP contribution in [0.3, 0.4) is 0 Å². The monoisotopic (exact) mass is 209 g/mol. The van der Waals surface area contributed by atoms with Gasteiger partial charge in [-0.15, -0.1) is 0 Å². The zero-order chi connectivity index (χ0) is 9.97. The first-order valence-corrected chi connectivity index (χ1v) is 5.06. The van der Waals surface area contributed by atoms with Crippen LogP contribution in [0.2, 0.25) is 5.02 Å². The normalized spacial score (nSPS) is 11.0. The van der Waals surface area contributed by atoms with Crippen molar-refractivity contribution in [2.24, 2.45) is 0 Å². The van der Waals surface area contributed by atoms with Crippen LogP contribution in [0.25, 0.3) is 11.0 Å². The fraction of sp³-hybridized carbons (Fsp3) is 0.273. The average molecular weight is 210 g/mol. The van der Waals surface area contributed by atoms with E-state index in [9.17, 15) is 0 Å². The van der Waals surface area contributed by atoms with Crippen molar-refractivity contribution in [2.75, 3.05) is 6.54 Å². The lowest BCUT2D eigenvalue weighted by atomic mass is 10.2. The lowest BCUT2D eigenvalue weighted by Crippen LogP contribution is -2.10. The minimum absolute atomic E-state index is 0.672. The smallest absolute Gasteiger partial charge is 0.152 e. The molecule has 2 aromatic rings. The standard InChI is InChI=1S/C11H12ClNO/c1-2-13-7-9-6-8-4-3-5-10(12)11(8)14-9/h3-6,13H,2,7H2,1H3. The van der Waals surface area contributed by atoms with Crippen molar-refractivity contribution in [3.63, 3.8) is 0 Å². The number of fused-ring (bicyclic) bond motifs is 1. The molecule has 2 rings (SSSR count). The molecule has 0 unspecified atom stereocenters. The Labute approximate surface area is 87.9 Å². The number of hydrogen-bond donors (Lipinski definition) is 1. The van der Waals surface area contributed by atoms with Gasteiger partial charge in [0, 0.05) is 5.39 Å². The maximum absolute atomic E-state index is 5.99. The van der Waals surface area contributed by atoms with Crippen LogP contribution < -0.4 is 5.32 Å². The van der Waals surface area contributed by atoms with Gasteiger partial charge < -0.3 is 9.73 Å². The van der Waals surface area contributed by atoms with Gasteiger partial charge >= 0.3 is 0 Å². The highest BCUT2D eigenvalue weighted by Gasteiger charge is 2.05. The molecule has 1 aromatic heterocycles. The lowest BCUT2D eigenvalue weighted by molar-refractivity contribution is 0.520. The van der Waals surface area contributed by atoms with Crippen molar-refractivity contribution >= 4 is 22.6 Å². The van der Waals surface area contributed by atoms with E-state index in [0.29, 0.717) is 5.02 Å². The van der Waals surface area contributed by atoms with Crippen LogP contribution >= 0.6 is 11.6 Å². The van der Waals surface area contributed by atoms with Crippen LogP contribution in [0, 0.1) is 0 Å². The van der Waals surface area contributed by atoms with E-state index in [-0.39, 0.29) is 0 Å². The van der Waals surface area contributed by atoms with Gasteiger partial charge in [0.05, 0.1) is 11.6 Å². The number of rotatable bonds is 3. The molecule has 0 aliphatic rings. The number of nitrogens with one attached hydrogen (secondary N) is 1. The molecule has 74 valence electrons. The largest absolute Gasteiger partial charge is 0.458 e. The predicted molar refractivity (Wildman–Crippen MR) is 58.6 cm³/mol. The van der Waals surface area contributed by atoms with E-state index in [0.717, 1.165) is 29.8 Å². The van der Waals surface area contributed by atoms with Crippen molar-refractivity contribution in [1.29, 1.82) is 0 Å². The van der Waals surface area contributed by atoms with E-state index in [2.05, 4.69) is 12.2 Å². The Bertz CT molecular complexity index is 436. The SMILES string of the molecule is CCNCc1cc2cccc(Cl)c2o1. The first-order valence-electron chi connectivity index (χ1n) is 4.69. The van der Waals surface area contributed by atoms with Crippen LogP contribution in [0.4, 0.5) is 0 Å². The quantitative estimate of drug-likeness (QED) is 0.840. The minimum atomic E-state index is 0.672. The molecule has 0 fully saturated rings. The predicted octanol–water partition coefficient (Wildman–Crippen LogP) is 3.20. The molecular formula is C11H12ClNO. The van der Waals surface area contributed by atoms with Gasteiger partial charge in [-0.2, -0.15) is 0 Å². The van der Waals surface area contributed by atoms with Crippen molar-refractivity contribution < 1.29 is 4.42 Å². The zero-order valence-corrected chi connectivity index (χ0v) is 8.77. The first-order chi connectivity index (χ1) is 6.81. The lowest BCUT2D eigenvalue weighted by Gasteiger charge is -1.95. The number of halogens is 1. The summed E-state index contributed by atoms with van der Waals surface area (Å²) in [6.45, 7) is 3.75. The molecule has 0 saturated carbocycles. The summed E-state index contributed by atoms with van der Waals surface area (Å²) in [4.78, 5) is 0. The number of furan rings is 1. The zero-order valence-electron chi connectivity index (χ0n) is 8.01. The fourth-order valence-electron chi connectivity index (χ4n) is 1.42. The van der Waals surface area contributed by atoms with Gasteiger partial charge in [-0.05, 0) is 18.7 Å². The summed E-state index contributed by atoms with van der Waals surface area (Å²) in [5.41, 5.74) is 0.780. The Morgan fingerprint density at radius 2 is 2.29 bits per heavy atom.